The van der Waals surface area contributed by atoms with Gasteiger partial charge in [-0.15, -0.1) is 0 Å². The lowest BCUT2D eigenvalue weighted by molar-refractivity contribution is 0.0701. The molecule has 1 amide bonds. The van der Waals surface area contributed by atoms with Gasteiger partial charge in [0.05, 0.1) is 14.9 Å². The molecule has 0 aliphatic heterocycles. The summed E-state index contributed by atoms with van der Waals surface area (Å²) in [6.07, 6.45) is 0. The van der Waals surface area contributed by atoms with E-state index in [-0.39, 0.29) is 21.0 Å². The number of sulfone groups is 1. The molecule has 0 spiro atoms. The molecule has 12 heteroatoms. The standard InChI is InChI=1S/C14H8BrClF3NO5S/c15-12-9(25-8-4-6(16)3-7(17)5-8)1-2-10(11(12)13(21)20-22)26(23,24)14(18)19/h1-5,14,22H,(H,20,21). The molecule has 0 aliphatic carbocycles. The minimum absolute atomic E-state index is 0.00125. The SMILES string of the molecule is O=C(NO)c1c(S(=O)(=O)C(F)F)ccc(Oc2cc(F)cc(Cl)c2)c1Br. The summed E-state index contributed by atoms with van der Waals surface area (Å²) >= 11 is 8.57. The van der Waals surface area contributed by atoms with Crippen LogP contribution in [0.25, 0.3) is 0 Å². The Balaban J connectivity index is 2.62. The first kappa shape index (κ1) is 20.5. The van der Waals surface area contributed by atoms with Crippen molar-refractivity contribution in [1.29, 1.82) is 0 Å². The van der Waals surface area contributed by atoms with E-state index in [9.17, 15) is 26.4 Å². The third-order valence-corrected chi connectivity index (χ3v) is 5.43. The number of alkyl halides is 2. The van der Waals surface area contributed by atoms with E-state index >= 15 is 0 Å². The van der Waals surface area contributed by atoms with Gasteiger partial charge in [0, 0.05) is 11.1 Å². The summed E-state index contributed by atoms with van der Waals surface area (Å²) in [5.41, 5.74) is 0.356. The molecule has 0 aromatic heterocycles. The van der Waals surface area contributed by atoms with Gasteiger partial charge < -0.3 is 4.74 Å². The topological polar surface area (TPSA) is 92.7 Å². The van der Waals surface area contributed by atoms with Gasteiger partial charge in [-0.1, -0.05) is 11.6 Å². The molecule has 0 aliphatic rings. The Bertz CT molecular complexity index is 951. The Hall–Kier alpha value is -1.82. The first-order chi connectivity index (χ1) is 12.1. The highest BCUT2D eigenvalue weighted by Gasteiger charge is 2.33. The number of carbonyl (C=O) groups excluding carboxylic acids is 1. The molecule has 2 aromatic rings. The maximum Gasteiger partial charge on any atom is 0.341 e. The third kappa shape index (κ3) is 4.11. The molecule has 0 bridgehead atoms. The number of halogens is 5. The van der Waals surface area contributed by atoms with Crippen LogP contribution in [0, 0.1) is 5.82 Å². The molecule has 2 N–H and O–H groups in total. The summed E-state index contributed by atoms with van der Waals surface area (Å²) in [5.74, 6) is -6.21. The molecule has 6 nitrogen and oxygen atoms in total. The highest BCUT2D eigenvalue weighted by atomic mass is 79.9. The maximum absolute atomic E-state index is 13.4. The van der Waals surface area contributed by atoms with Crippen molar-refractivity contribution in [3.05, 3.63) is 51.2 Å². The van der Waals surface area contributed by atoms with Crippen LogP contribution >= 0.6 is 27.5 Å². The van der Waals surface area contributed by atoms with Crippen molar-refractivity contribution in [2.45, 2.75) is 10.7 Å². The Labute approximate surface area is 158 Å². The molecule has 140 valence electrons. The molecular formula is C14H8BrClF3NO5S. The van der Waals surface area contributed by atoms with Crippen LogP contribution in [0.4, 0.5) is 13.2 Å². The first-order valence-corrected chi connectivity index (χ1v) is 9.22. The van der Waals surface area contributed by atoms with E-state index in [0.717, 1.165) is 18.2 Å². The normalized spacial score (nSPS) is 11.5. The number of hydrogen-bond donors (Lipinski definition) is 2. The molecule has 0 atom stereocenters. The van der Waals surface area contributed by atoms with Crippen molar-refractivity contribution in [3.8, 4) is 11.5 Å². The van der Waals surface area contributed by atoms with Crippen LogP contribution in [0.5, 0.6) is 11.5 Å². The van der Waals surface area contributed by atoms with Gasteiger partial charge in [0.15, 0.2) is 0 Å². The zero-order valence-electron chi connectivity index (χ0n) is 12.3. The molecule has 26 heavy (non-hydrogen) atoms. The largest absolute Gasteiger partial charge is 0.456 e. The molecule has 0 fully saturated rings. The van der Waals surface area contributed by atoms with Crippen LogP contribution in [-0.2, 0) is 9.84 Å². The summed E-state index contributed by atoms with van der Waals surface area (Å²) < 4.78 is 67.5. The van der Waals surface area contributed by atoms with Gasteiger partial charge in [0.1, 0.15) is 17.3 Å². The van der Waals surface area contributed by atoms with Crippen molar-refractivity contribution in [2.24, 2.45) is 0 Å². The van der Waals surface area contributed by atoms with Gasteiger partial charge in [0.25, 0.3) is 5.91 Å². The van der Waals surface area contributed by atoms with Gasteiger partial charge in [-0.25, -0.2) is 18.3 Å². The lowest BCUT2D eigenvalue weighted by Crippen LogP contribution is -2.24. The van der Waals surface area contributed by atoms with E-state index in [2.05, 4.69) is 15.9 Å². The average molecular weight is 475 g/mol. The number of hydroxylamine groups is 1. The zero-order chi connectivity index (χ0) is 19.6. The predicted molar refractivity (Wildman–Crippen MR) is 88.1 cm³/mol. The lowest BCUT2D eigenvalue weighted by atomic mass is 10.2. The number of benzene rings is 2. The van der Waals surface area contributed by atoms with E-state index in [1.54, 1.807) is 0 Å². The van der Waals surface area contributed by atoms with Crippen LogP contribution in [-0.4, -0.2) is 25.3 Å². The van der Waals surface area contributed by atoms with Crippen molar-refractivity contribution in [2.75, 3.05) is 0 Å². The van der Waals surface area contributed by atoms with Crippen LogP contribution in [0.1, 0.15) is 10.4 Å². The minimum Gasteiger partial charge on any atom is -0.456 e. The highest BCUT2D eigenvalue weighted by molar-refractivity contribution is 9.10. The summed E-state index contributed by atoms with van der Waals surface area (Å²) in [4.78, 5) is 10.8. The third-order valence-electron chi connectivity index (χ3n) is 3.00. The molecule has 0 saturated carbocycles. The fourth-order valence-electron chi connectivity index (χ4n) is 1.93. The number of carbonyl (C=O) groups is 1. The molecule has 2 aromatic carbocycles. The summed E-state index contributed by atoms with van der Waals surface area (Å²) in [5, 5.41) is 8.79. The lowest BCUT2D eigenvalue weighted by Gasteiger charge is -2.14. The fraction of sp³-hybridized carbons (Fsp3) is 0.0714. The fourth-order valence-corrected chi connectivity index (χ4v) is 3.81. The van der Waals surface area contributed by atoms with Crippen LogP contribution in [0.2, 0.25) is 5.02 Å². The number of hydrogen-bond acceptors (Lipinski definition) is 5. The Morgan fingerprint density at radius 1 is 1.27 bits per heavy atom. The number of nitrogens with one attached hydrogen (secondary N) is 1. The van der Waals surface area contributed by atoms with Crippen molar-refractivity contribution in [1.82, 2.24) is 5.48 Å². The number of rotatable bonds is 5. The summed E-state index contributed by atoms with van der Waals surface area (Å²) in [6, 6.07) is 4.87. The second-order valence-electron chi connectivity index (χ2n) is 4.70. The first-order valence-electron chi connectivity index (χ1n) is 6.51. The Morgan fingerprint density at radius 3 is 2.46 bits per heavy atom. The second-order valence-corrected chi connectivity index (χ2v) is 7.82. The Morgan fingerprint density at radius 2 is 1.92 bits per heavy atom. The van der Waals surface area contributed by atoms with Crippen LogP contribution in [0.3, 0.4) is 0 Å². The predicted octanol–water partition coefficient (Wildman–Crippen LogP) is 4.15. The Kier molecular flexibility index (Phi) is 6.17. The maximum atomic E-state index is 13.4. The minimum atomic E-state index is -5.16. The number of ether oxygens (including phenoxy) is 1. The van der Waals surface area contributed by atoms with Crippen molar-refractivity contribution in [3.63, 3.8) is 0 Å². The molecule has 0 radical (unpaired) electrons. The van der Waals surface area contributed by atoms with Crippen molar-refractivity contribution >= 4 is 43.3 Å². The van der Waals surface area contributed by atoms with Gasteiger partial charge >= 0.3 is 5.76 Å². The van der Waals surface area contributed by atoms with E-state index in [1.807, 2.05) is 0 Å². The smallest absolute Gasteiger partial charge is 0.341 e. The van der Waals surface area contributed by atoms with E-state index in [4.69, 9.17) is 21.5 Å². The van der Waals surface area contributed by atoms with E-state index < -0.39 is 37.8 Å². The van der Waals surface area contributed by atoms with Gasteiger partial charge in [0.2, 0.25) is 9.84 Å². The molecule has 0 unspecified atom stereocenters. The molecular weight excluding hydrogens is 467 g/mol. The van der Waals surface area contributed by atoms with Gasteiger partial charge in [-0.2, -0.15) is 8.78 Å². The quantitative estimate of drug-likeness (QED) is 0.502. The summed E-state index contributed by atoms with van der Waals surface area (Å²) in [7, 11) is -5.16. The second kappa shape index (κ2) is 7.82. The average Bonchev–Trinajstić information content (AvgIpc) is 2.54. The monoisotopic (exact) mass is 473 g/mol. The van der Waals surface area contributed by atoms with E-state index in [1.165, 1.54) is 11.5 Å². The molecule has 0 heterocycles. The van der Waals surface area contributed by atoms with Gasteiger partial charge in [-0.05, 0) is 40.2 Å². The zero-order valence-corrected chi connectivity index (χ0v) is 15.5. The summed E-state index contributed by atoms with van der Waals surface area (Å²) in [6.45, 7) is 0. The van der Waals surface area contributed by atoms with Crippen LogP contribution in [0.15, 0.2) is 39.7 Å². The van der Waals surface area contributed by atoms with Crippen LogP contribution < -0.4 is 10.2 Å². The van der Waals surface area contributed by atoms with Gasteiger partial charge in [-0.3, -0.25) is 10.0 Å². The molecule has 0 saturated heterocycles. The highest BCUT2D eigenvalue weighted by Crippen LogP contribution is 2.38. The number of amides is 1. The molecule has 2 rings (SSSR count). The van der Waals surface area contributed by atoms with E-state index in [0.29, 0.717) is 6.07 Å². The van der Waals surface area contributed by atoms with Crippen molar-refractivity contribution < 1.29 is 36.3 Å².